The molecule has 122 valence electrons. The zero-order valence-electron chi connectivity index (χ0n) is 13.3. The largest absolute Gasteiger partial charge is 0.390 e. The van der Waals surface area contributed by atoms with E-state index in [0.717, 1.165) is 5.56 Å². The van der Waals surface area contributed by atoms with Gasteiger partial charge in [0.05, 0.1) is 37.2 Å². The minimum absolute atomic E-state index is 0.271. The highest BCUT2D eigenvalue weighted by Gasteiger charge is 2.21. The fraction of sp³-hybridized carbons (Fsp3) is 0.412. The molecule has 2 aromatic rings. The summed E-state index contributed by atoms with van der Waals surface area (Å²) >= 11 is 5.91. The lowest BCUT2D eigenvalue weighted by Gasteiger charge is -2.28. The summed E-state index contributed by atoms with van der Waals surface area (Å²) in [6, 6.07) is 9.73. The van der Waals surface area contributed by atoms with Crippen LogP contribution in [0.5, 0.6) is 0 Å². The van der Waals surface area contributed by atoms with Crippen molar-refractivity contribution in [1.29, 1.82) is 5.26 Å². The number of nitrogens with one attached hydrogen (secondary N) is 1. The van der Waals surface area contributed by atoms with E-state index >= 15 is 0 Å². The number of halogens is 1. The number of aromatic nitrogens is 2. The summed E-state index contributed by atoms with van der Waals surface area (Å²) in [6.07, 6.45) is 3.16. The van der Waals surface area contributed by atoms with Crippen LogP contribution in [0.4, 0.5) is 0 Å². The normalized spacial score (nSPS) is 12.8. The maximum Gasteiger partial charge on any atom is 0.0950 e. The SMILES string of the molecule is CC(C)(NCC(O)Cn1cnc(CC#N)c1)c1ccc(Cl)cc1. The standard InChI is InChI=1S/C17H21ClN4O/c1-17(2,13-3-5-14(18)6-4-13)21-9-16(23)11-22-10-15(7-8-19)20-12-22/h3-6,10,12,16,21,23H,7,9,11H2,1-2H3. The number of hydrogen-bond acceptors (Lipinski definition) is 4. The Hall–Kier alpha value is -1.87. The van der Waals surface area contributed by atoms with Crippen molar-refractivity contribution in [3.8, 4) is 6.07 Å². The van der Waals surface area contributed by atoms with Crippen molar-refractivity contribution in [3.05, 3.63) is 53.1 Å². The van der Waals surface area contributed by atoms with Crippen molar-refractivity contribution in [3.63, 3.8) is 0 Å². The number of aliphatic hydroxyl groups is 1. The van der Waals surface area contributed by atoms with E-state index in [1.54, 1.807) is 17.1 Å². The highest BCUT2D eigenvalue weighted by Crippen LogP contribution is 2.21. The maximum atomic E-state index is 10.2. The second-order valence-electron chi connectivity index (χ2n) is 6.06. The number of nitriles is 1. The Balaban J connectivity index is 1.88. The van der Waals surface area contributed by atoms with Crippen LogP contribution in [-0.2, 0) is 18.5 Å². The number of nitrogens with zero attached hydrogens (tertiary/aromatic N) is 3. The first-order valence-corrected chi connectivity index (χ1v) is 7.85. The van der Waals surface area contributed by atoms with Crippen molar-refractivity contribution < 1.29 is 5.11 Å². The summed E-state index contributed by atoms with van der Waals surface area (Å²) in [7, 11) is 0. The molecule has 0 radical (unpaired) electrons. The van der Waals surface area contributed by atoms with Crippen LogP contribution in [-0.4, -0.2) is 27.3 Å². The predicted octanol–water partition coefficient (Wildman–Crippen LogP) is 2.49. The predicted molar refractivity (Wildman–Crippen MR) is 90.0 cm³/mol. The first kappa shape index (κ1) is 17.5. The highest BCUT2D eigenvalue weighted by molar-refractivity contribution is 6.30. The minimum atomic E-state index is -0.550. The van der Waals surface area contributed by atoms with Crippen molar-refractivity contribution >= 4 is 11.6 Å². The van der Waals surface area contributed by atoms with Crippen LogP contribution in [0.1, 0.15) is 25.1 Å². The molecule has 2 rings (SSSR count). The number of hydrogen-bond donors (Lipinski definition) is 2. The van der Waals surface area contributed by atoms with Crippen LogP contribution < -0.4 is 5.32 Å². The van der Waals surface area contributed by atoms with E-state index in [2.05, 4.69) is 30.2 Å². The lowest BCUT2D eigenvalue weighted by Crippen LogP contribution is -2.42. The van der Waals surface area contributed by atoms with Gasteiger partial charge in [0.2, 0.25) is 0 Å². The topological polar surface area (TPSA) is 73.9 Å². The lowest BCUT2D eigenvalue weighted by molar-refractivity contribution is 0.140. The molecule has 23 heavy (non-hydrogen) atoms. The summed E-state index contributed by atoms with van der Waals surface area (Å²) in [5.41, 5.74) is 1.55. The second-order valence-corrected chi connectivity index (χ2v) is 6.50. The summed E-state index contributed by atoms with van der Waals surface area (Å²) in [4.78, 5) is 4.12. The van der Waals surface area contributed by atoms with Gasteiger partial charge in [-0.1, -0.05) is 23.7 Å². The first-order valence-electron chi connectivity index (χ1n) is 7.47. The molecule has 1 aromatic carbocycles. The van der Waals surface area contributed by atoms with Crippen LogP contribution in [0.3, 0.4) is 0 Å². The molecule has 0 aliphatic heterocycles. The van der Waals surface area contributed by atoms with Crippen LogP contribution in [0.15, 0.2) is 36.8 Å². The molecule has 1 aromatic heterocycles. The van der Waals surface area contributed by atoms with Gasteiger partial charge in [-0.15, -0.1) is 0 Å². The molecular formula is C17H21ClN4O. The molecule has 0 amide bonds. The third-order valence-electron chi connectivity index (χ3n) is 3.71. The fourth-order valence-corrected chi connectivity index (χ4v) is 2.45. The molecule has 0 aliphatic carbocycles. The minimum Gasteiger partial charge on any atom is -0.390 e. The van der Waals surface area contributed by atoms with E-state index in [9.17, 15) is 5.11 Å². The van der Waals surface area contributed by atoms with Gasteiger partial charge in [0, 0.05) is 23.3 Å². The Morgan fingerprint density at radius 3 is 2.74 bits per heavy atom. The Bertz CT molecular complexity index is 673. The number of aliphatic hydroxyl groups excluding tert-OH is 1. The number of benzene rings is 1. The summed E-state index contributed by atoms with van der Waals surface area (Å²) in [5.74, 6) is 0. The van der Waals surface area contributed by atoms with E-state index < -0.39 is 6.10 Å². The molecule has 6 heteroatoms. The smallest absolute Gasteiger partial charge is 0.0950 e. The van der Waals surface area contributed by atoms with E-state index in [-0.39, 0.29) is 12.0 Å². The molecule has 1 unspecified atom stereocenters. The number of rotatable bonds is 7. The molecule has 1 heterocycles. The van der Waals surface area contributed by atoms with Crippen molar-refractivity contribution in [2.75, 3.05) is 6.54 Å². The fourth-order valence-electron chi connectivity index (χ4n) is 2.33. The van der Waals surface area contributed by atoms with E-state index in [4.69, 9.17) is 16.9 Å². The third kappa shape index (κ3) is 5.07. The quantitative estimate of drug-likeness (QED) is 0.817. The molecule has 0 fully saturated rings. The van der Waals surface area contributed by atoms with E-state index in [1.807, 2.05) is 24.3 Å². The third-order valence-corrected chi connectivity index (χ3v) is 3.97. The van der Waals surface area contributed by atoms with Gasteiger partial charge in [-0.3, -0.25) is 0 Å². The second kappa shape index (κ2) is 7.60. The molecule has 1 atom stereocenters. The van der Waals surface area contributed by atoms with Crippen molar-refractivity contribution in [2.24, 2.45) is 0 Å². The van der Waals surface area contributed by atoms with Gasteiger partial charge in [-0.25, -0.2) is 4.98 Å². The van der Waals surface area contributed by atoms with Gasteiger partial charge in [-0.2, -0.15) is 5.26 Å². The van der Waals surface area contributed by atoms with Gasteiger partial charge in [-0.05, 0) is 31.5 Å². The van der Waals surface area contributed by atoms with Crippen LogP contribution in [0, 0.1) is 11.3 Å². The first-order chi connectivity index (χ1) is 10.9. The van der Waals surface area contributed by atoms with Crippen molar-refractivity contribution in [2.45, 2.75) is 38.5 Å². The molecule has 0 saturated carbocycles. The lowest BCUT2D eigenvalue weighted by atomic mass is 9.94. The van der Waals surface area contributed by atoms with Crippen molar-refractivity contribution in [1.82, 2.24) is 14.9 Å². The highest BCUT2D eigenvalue weighted by atomic mass is 35.5. The summed E-state index contributed by atoms with van der Waals surface area (Å²) in [5, 5.41) is 22.9. The molecule has 0 aliphatic rings. The van der Waals surface area contributed by atoms with E-state index in [0.29, 0.717) is 23.8 Å². The van der Waals surface area contributed by atoms with E-state index in [1.165, 1.54) is 0 Å². The van der Waals surface area contributed by atoms with Crippen LogP contribution >= 0.6 is 11.6 Å². The summed E-state index contributed by atoms with van der Waals surface area (Å²) < 4.78 is 1.80. The van der Waals surface area contributed by atoms with Gasteiger partial charge in [0.15, 0.2) is 0 Å². The Labute approximate surface area is 141 Å². The molecule has 0 spiro atoms. The maximum absolute atomic E-state index is 10.2. The number of imidazole rings is 1. The Morgan fingerprint density at radius 1 is 1.39 bits per heavy atom. The molecule has 5 nitrogen and oxygen atoms in total. The van der Waals surface area contributed by atoms with Crippen LogP contribution in [0.2, 0.25) is 5.02 Å². The van der Waals surface area contributed by atoms with Crippen LogP contribution in [0.25, 0.3) is 0 Å². The zero-order chi connectivity index (χ0) is 16.9. The molecule has 0 saturated heterocycles. The Morgan fingerprint density at radius 2 is 2.09 bits per heavy atom. The monoisotopic (exact) mass is 332 g/mol. The Kier molecular flexibility index (Phi) is 5.78. The molecular weight excluding hydrogens is 312 g/mol. The summed E-state index contributed by atoms with van der Waals surface area (Å²) in [6.45, 7) is 5.00. The van der Waals surface area contributed by atoms with Gasteiger partial charge in [0.25, 0.3) is 0 Å². The van der Waals surface area contributed by atoms with Gasteiger partial charge < -0.3 is 15.0 Å². The molecule has 0 bridgehead atoms. The average Bonchev–Trinajstić information content (AvgIpc) is 2.93. The average molecular weight is 333 g/mol. The van der Waals surface area contributed by atoms with Gasteiger partial charge >= 0.3 is 0 Å². The van der Waals surface area contributed by atoms with Gasteiger partial charge in [0.1, 0.15) is 0 Å². The molecule has 2 N–H and O–H groups in total. The zero-order valence-corrected chi connectivity index (χ0v) is 14.1.